The topological polar surface area (TPSA) is 108 Å². The molecule has 0 radical (unpaired) electrons. The van der Waals surface area contributed by atoms with Crippen LogP contribution in [0.4, 0.5) is 11.4 Å². The van der Waals surface area contributed by atoms with Crippen LogP contribution in [-0.4, -0.2) is 44.4 Å². The molecule has 0 aliphatic carbocycles. The largest absolute Gasteiger partial charge is 0.466 e. The normalized spacial score (nSPS) is 14.7. The maximum Gasteiger partial charge on any atom is 0.355 e. The van der Waals surface area contributed by atoms with Gasteiger partial charge in [0.1, 0.15) is 18.1 Å². The van der Waals surface area contributed by atoms with Gasteiger partial charge >= 0.3 is 11.9 Å². The van der Waals surface area contributed by atoms with E-state index in [1.165, 1.54) is 18.1 Å². The van der Waals surface area contributed by atoms with Crippen LogP contribution < -0.4 is 4.90 Å². The van der Waals surface area contributed by atoms with Gasteiger partial charge in [-0.2, -0.15) is 0 Å². The minimum Gasteiger partial charge on any atom is -0.466 e. The highest BCUT2D eigenvalue weighted by molar-refractivity contribution is 9.10. The number of esters is 2. The number of rotatable bonds is 4. The molecule has 1 heterocycles. The molecule has 2 rings (SSSR count). The van der Waals surface area contributed by atoms with Crippen molar-refractivity contribution in [3.05, 3.63) is 43.6 Å². The molecule has 1 aliphatic heterocycles. The molecule has 0 unspecified atom stereocenters. The average molecular weight is 457 g/mol. The van der Waals surface area contributed by atoms with Gasteiger partial charge in [0, 0.05) is 10.5 Å². The van der Waals surface area contributed by atoms with Crippen molar-refractivity contribution in [1.82, 2.24) is 0 Å². The summed E-state index contributed by atoms with van der Waals surface area (Å²) in [5.74, 6) is -1.61. The van der Waals surface area contributed by atoms with Crippen LogP contribution in [0.1, 0.15) is 26.3 Å². The van der Waals surface area contributed by atoms with E-state index < -0.39 is 16.9 Å². The lowest BCUT2D eigenvalue weighted by Gasteiger charge is -2.32. The van der Waals surface area contributed by atoms with Crippen LogP contribution in [-0.2, 0) is 29.2 Å². The molecule has 152 valence electrons. The number of nitro groups is 1. The fraction of sp³-hybridized carbons (Fsp3) is 0.444. The number of halogens is 1. The van der Waals surface area contributed by atoms with E-state index in [1.54, 1.807) is 6.07 Å². The van der Waals surface area contributed by atoms with Crippen molar-refractivity contribution in [2.45, 2.75) is 26.2 Å². The second kappa shape index (κ2) is 8.27. The van der Waals surface area contributed by atoms with Crippen molar-refractivity contribution in [3.8, 4) is 0 Å². The SMILES string of the molecule is COC(=O)C1=C(C(=O)OC)N(c2c(Br)cc(C(C)(C)C)cc2[N+](=O)[O-])COC1. The van der Waals surface area contributed by atoms with Gasteiger partial charge in [0.25, 0.3) is 5.69 Å². The Hall–Kier alpha value is -2.46. The fourth-order valence-electron chi connectivity index (χ4n) is 2.74. The predicted molar refractivity (Wildman–Crippen MR) is 104 cm³/mol. The zero-order chi connectivity index (χ0) is 21.2. The summed E-state index contributed by atoms with van der Waals surface area (Å²) in [6, 6.07) is 3.19. The van der Waals surface area contributed by atoms with Crippen LogP contribution in [0.15, 0.2) is 27.9 Å². The van der Waals surface area contributed by atoms with E-state index in [-0.39, 0.29) is 41.4 Å². The van der Waals surface area contributed by atoms with Gasteiger partial charge in [-0.05, 0) is 33.0 Å². The number of hydrogen-bond donors (Lipinski definition) is 0. The van der Waals surface area contributed by atoms with Crippen LogP contribution in [0, 0.1) is 10.1 Å². The summed E-state index contributed by atoms with van der Waals surface area (Å²) >= 11 is 3.37. The van der Waals surface area contributed by atoms with E-state index in [1.807, 2.05) is 20.8 Å². The minimum absolute atomic E-state index is 0.0818. The Kier molecular flexibility index (Phi) is 6.45. The van der Waals surface area contributed by atoms with Gasteiger partial charge in [-0.15, -0.1) is 0 Å². The maximum atomic E-state index is 12.4. The number of nitrogens with zero attached hydrogens (tertiary/aromatic N) is 2. The molecule has 0 fully saturated rings. The quantitative estimate of drug-likeness (QED) is 0.386. The molecular weight excluding hydrogens is 436 g/mol. The number of carbonyl (C=O) groups is 2. The molecule has 10 heteroatoms. The second-order valence-corrected chi connectivity index (χ2v) is 7.90. The summed E-state index contributed by atoms with van der Waals surface area (Å²) in [6.07, 6.45) is 0. The molecule has 28 heavy (non-hydrogen) atoms. The van der Waals surface area contributed by atoms with Gasteiger partial charge in [-0.3, -0.25) is 10.1 Å². The van der Waals surface area contributed by atoms with Crippen LogP contribution in [0.3, 0.4) is 0 Å². The van der Waals surface area contributed by atoms with E-state index in [4.69, 9.17) is 14.2 Å². The first-order valence-electron chi connectivity index (χ1n) is 8.26. The van der Waals surface area contributed by atoms with E-state index in [0.717, 1.165) is 12.7 Å². The molecule has 0 N–H and O–H groups in total. The molecule has 0 saturated heterocycles. The Labute approximate surface area is 170 Å². The van der Waals surface area contributed by atoms with Crippen LogP contribution in [0.25, 0.3) is 0 Å². The highest BCUT2D eigenvalue weighted by Gasteiger charge is 2.37. The Morgan fingerprint density at radius 1 is 1.21 bits per heavy atom. The lowest BCUT2D eigenvalue weighted by Crippen LogP contribution is -2.39. The highest BCUT2D eigenvalue weighted by atomic mass is 79.9. The number of methoxy groups -OCH3 is 2. The lowest BCUT2D eigenvalue weighted by molar-refractivity contribution is -0.384. The third kappa shape index (κ3) is 4.17. The monoisotopic (exact) mass is 456 g/mol. The van der Waals surface area contributed by atoms with Gasteiger partial charge < -0.3 is 19.1 Å². The van der Waals surface area contributed by atoms with Crippen molar-refractivity contribution in [3.63, 3.8) is 0 Å². The summed E-state index contributed by atoms with van der Waals surface area (Å²) in [4.78, 5) is 37.1. The van der Waals surface area contributed by atoms with Crippen molar-refractivity contribution >= 4 is 39.2 Å². The third-order valence-electron chi connectivity index (χ3n) is 4.21. The predicted octanol–water partition coefficient (Wildman–Crippen LogP) is 3.05. The summed E-state index contributed by atoms with van der Waals surface area (Å²) in [5.41, 5.74) is -0.0170. The van der Waals surface area contributed by atoms with E-state index in [0.29, 0.717) is 4.47 Å². The summed E-state index contributed by atoms with van der Waals surface area (Å²) < 4.78 is 15.3. The Morgan fingerprint density at radius 3 is 2.32 bits per heavy atom. The highest BCUT2D eigenvalue weighted by Crippen LogP contribution is 2.42. The Balaban J connectivity index is 2.79. The van der Waals surface area contributed by atoms with Crippen LogP contribution in [0.2, 0.25) is 0 Å². The van der Waals surface area contributed by atoms with E-state index in [9.17, 15) is 19.7 Å². The van der Waals surface area contributed by atoms with Crippen molar-refractivity contribution in [2.24, 2.45) is 0 Å². The number of ether oxygens (including phenoxy) is 3. The molecule has 1 aliphatic rings. The van der Waals surface area contributed by atoms with Crippen LogP contribution >= 0.6 is 15.9 Å². The Morgan fingerprint density at radius 2 is 1.82 bits per heavy atom. The summed E-state index contributed by atoms with van der Waals surface area (Å²) in [6.45, 7) is 5.42. The number of carbonyl (C=O) groups excluding carboxylic acids is 2. The maximum absolute atomic E-state index is 12.4. The molecule has 0 amide bonds. The number of nitro benzene ring substituents is 1. The first-order chi connectivity index (χ1) is 13.0. The van der Waals surface area contributed by atoms with Gasteiger partial charge in [-0.1, -0.05) is 20.8 Å². The standard InChI is InChI=1S/C18H21BrN2O7/c1-18(2,3)10-6-12(19)15(13(7-10)21(24)25)20-9-28-8-11(16(22)26-4)14(20)17(23)27-5/h6-7H,8-9H2,1-5H3. The first kappa shape index (κ1) is 21.8. The minimum atomic E-state index is -0.829. The summed E-state index contributed by atoms with van der Waals surface area (Å²) in [7, 11) is 2.32. The third-order valence-corrected chi connectivity index (χ3v) is 4.81. The first-order valence-corrected chi connectivity index (χ1v) is 9.05. The number of benzene rings is 1. The molecule has 1 aromatic carbocycles. The molecule has 0 aromatic heterocycles. The molecule has 0 atom stereocenters. The zero-order valence-electron chi connectivity index (χ0n) is 16.2. The van der Waals surface area contributed by atoms with Gasteiger partial charge in [0.2, 0.25) is 0 Å². The lowest BCUT2D eigenvalue weighted by atomic mass is 9.86. The number of anilines is 1. The van der Waals surface area contributed by atoms with Gasteiger partial charge in [0.05, 0.1) is 31.3 Å². The molecular formula is C18H21BrN2O7. The van der Waals surface area contributed by atoms with Crippen molar-refractivity contribution in [1.29, 1.82) is 0 Å². The second-order valence-electron chi connectivity index (χ2n) is 7.05. The van der Waals surface area contributed by atoms with Crippen LogP contribution in [0.5, 0.6) is 0 Å². The molecule has 0 spiro atoms. The molecule has 0 saturated carbocycles. The zero-order valence-corrected chi connectivity index (χ0v) is 17.8. The molecule has 9 nitrogen and oxygen atoms in total. The molecule has 1 aromatic rings. The van der Waals surface area contributed by atoms with Gasteiger partial charge in [0.15, 0.2) is 0 Å². The van der Waals surface area contributed by atoms with E-state index in [2.05, 4.69) is 15.9 Å². The smallest absolute Gasteiger partial charge is 0.355 e. The van der Waals surface area contributed by atoms with Crippen molar-refractivity contribution < 1.29 is 28.7 Å². The Bertz CT molecular complexity index is 858. The van der Waals surface area contributed by atoms with E-state index >= 15 is 0 Å². The fourth-order valence-corrected chi connectivity index (χ4v) is 3.41. The van der Waals surface area contributed by atoms with Crippen molar-refractivity contribution in [2.75, 3.05) is 32.5 Å². The number of hydrogen-bond acceptors (Lipinski definition) is 8. The summed E-state index contributed by atoms with van der Waals surface area (Å²) in [5, 5.41) is 11.8. The molecule has 0 bridgehead atoms. The average Bonchev–Trinajstić information content (AvgIpc) is 2.64. The van der Waals surface area contributed by atoms with Gasteiger partial charge in [-0.25, -0.2) is 9.59 Å².